The van der Waals surface area contributed by atoms with Crippen molar-refractivity contribution in [3.05, 3.63) is 82.6 Å². The van der Waals surface area contributed by atoms with Crippen LogP contribution in [-0.2, 0) is 26.4 Å². The highest BCUT2D eigenvalue weighted by Crippen LogP contribution is 2.36. The molecule has 0 saturated heterocycles. The van der Waals surface area contributed by atoms with E-state index in [4.69, 9.17) is 5.73 Å². The summed E-state index contributed by atoms with van der Waals surface area (Å²) in [5, 5.41) is 14.1. The number of imidazole rings is 1. The molecule has 13 heteroatoms. The summed E-state index contributed by atoms with van der Waals surface area (Å²) < 4.78 is 44.9. The normalized spacial score (nSPS) is 11.9. The average Bonchev–Trinajstić information content (AvgIpc) is 3.41. The molecule has 0 amide bonds. The van der Waals surface area contributed by atoms with Crippen molar-refractivity contribution in [3.63, 3.8) is 0 Å². The van der Waals surface area contributed by atoms with Crippen LogP contribution in [0, 0.1) is 0 Å². The molecule has 36 heavy (non-hydrogen) atoms. The molecule has 0 aliphatic carbocycles. The molecular formula is C23H20F3N8O2+. The van der Waals surface area contributed by atoms with Crippen LogP contribution in [0.2, 0.25) is 0 Å². The minimum Gasteiger partial charge on any atom is -0.390 e. The minimum absolute atomic E-state index is 0.00952. The van der Waals surface area contributed by atoms with Gasteiger partial charge in [0.25, 0.3) is 0 Å². The number of pyridine rings is 1. The van der Waals surface area contributed by atoms with E-state index in [9.17, 15) is 23.1 Å². The van der Waals surface area contributed by atoms with Gasteiger partial charge in [0.2, 0.25) is 5.65 Å². The van der Waals surface area contributed by atoms with Crippen LogP contribution < -0.4 is 16.4 Å². The number of aliphatic hydroxyl groups excluding tert-OH is 1. The largest absolute Gasteiger partial charge is 0.433 e. The molecule has 0 saturated carbocycles. The Hall–Kier alpha value is -4.52. The summed E-state index contributed by atoms with van der Waals surface area (Å²) in [4.78, 5) is 23.9. The van der Waals surface area contributed by atoms with E-state index in [0.717, 1.165) is 15.1 Å². The molecule has 1 aromatic carbocycles. The maximum absolute atomic E-state index is 13.7. The topological polar surface area (TPSA) is 130 Å². The molecule has 5 aromatic rings. The number of aromatic nitrogens is 7. The molecule has 0 aliphatic heterocycles. The van der Waals surface area contributed by atoms with Gasteiger partial charge in [0.15, 0.2) is 0 Å². The summed E-state index contributed by atoms with van der Waals surface area (Å²) in [7, 11) is 1.76. The van der Waals surface area contributed by atoms with Gasteiger partial charge in [-0.05, 0) is 17.7 Å². The van der Waals surface area contributed by atoms with E-state index in [1.807, 2.05) is 0 Å². The third-order valence-electron chi connectivity index (χ3n) is 5.70. The summed E-state index contributed by atoms with van der Waals surface area (Å²) in [6.07, 6.45) is -1.48. The van der Waals surface area contributed by atoms with E-state index in [-0.39, 0.29) is 35.0 Å². The first-order valence-corrected chi connectivity index (χ1v) is 10.7. The number of nitrogens with two attached hydrogens (primary N) is 1. The van der Waals surface area contributed by atoms with Gasteiger partial charge < -0.3 is 9.67 Å². The van der Waals surface area contributed by atoms with Gasteiger partial charge >= 0.3 is 17.8 Å². The third kappa shape index (κ3) is 3.98. The average molecular weight is 497 g/mol. The standard InChI is InChI=1S/C23H19F3N8O2/c1-32-8-7-28-17(32)11-33-22(36)34-20(31-33)18(19(30-21(34)27)13-5-3-2-4-6-13)14-9-15(12-35)29-16(10-14)23(24,25)26/h2-10,35H,11-12H2,1H3,(H2,27,30)/p+1. The van der Waals surface area contributed by atoms with E-state index in [2.05, 4.69) is 20.1 Å². The Morgan fingerprint density at radius 1 is 1.14 bits per heavy atom. The summed E-state index contributed by atoms with van der Waals surface area (Å²) in [6.45, 7) is -0.706. The van der Waals surface area contributed by atoms with E-state index < -0.39 is 24.2 Å². The number of aliphatic hydroxyl groups is 1. The second kappa shape index (κ2) is 8.61. The Morgan fingerprint density at radius 2 is 1.89 bits per heavy atom. The second-order valence-electron chi connectivity index (χ2n) is 8.07. The first-order valence-electron chi connectivity index (χ1n) is 10.7. The van der Waals surface area contributed by atoms with Crippen LogP contribution >= 0.6 is 0 Å². The number of hydrogen-bond donors (Lipinski definition) is 2. The van der Waals surface area contributed by atoms with Crippen LogP contribution in [0.4, 0.5) is 19.1 Å². The summed E-state index contributed by atoms with van der Waals surface area (Å²) in [5.41, 5.74) is 5.46. The van der Waals surface area contributed by atoms with Crippen LogP contribution in [0.3, 0.4) is 0 Å². The molecule has 0 aliphatic rings. The van der Waals surface area contributed by atoms with Gasteiger partial charge in [-0.1, -0.05) is 30.3 Å². The van der Waals surface area contributed by atoms with Crippen molar-refractivity contribution in [1.82, 2.24) is 28.7 Å². The van der Waals surface area contributed by atoms with Gasteiger partial charge in [-0.2, -0.15) is 17.9 Å². The van der Waals surface area contributed by atoms with E-state index >= 15 is 0 Å². The van der Waals surface area contributed by atoms with Gasteiger partial charge in [-0.15, -0.1) is 9.50 Å². The summed E-state index contributed by atoms with van der Waals surface area (Å²) >= 11 is 0. The number of halogens is 3. The van der Waals surface area contributed by atoms with Crippen molar-refractivity contribution < 1.29 is 23.3 Å². The molecule has 4 heterocycles. The molecule has 0 radical (unpaired) electrons. The van der Waals surface area contributed by atoms with Crippen molar-refractivity contribution in [2.75, 3.05) is 5.73 Å². The van der Waals surface area contributed by atoms with Crippen LogP contribution in [-0.4, -0.2) is 33.8 Å². The Morgan fingerprint density at radius 3 is 2.53 bits per heavy atom. The number of anilines is 1. The monoisotopic (exact) mass is 497 g/mol. The number of fused-ring (bicyclic) bond motifs is 1. The lowest BCUT2D eigenvalue weighted by Gasteiger charge is -2.13. The fourth-order valence-corrected chi connectivity index (χ4v) is 3.98. The molecule has 184 valence electrons. The first-order chi connectivity index (χ1) is 17.2. The number of alkyl halides is 3. The number of aromatic amines is 1. The summed E-state index contributed by atoms with van der Waals surface area (Å²) in [5.74, 6) is 0.481. The smallest absolute Gasteiger partial charge is 0.390 e. The third-order valence-corrected chi connectivity index (χ3v) is 5.70. The molecule has 4 N–H and O–H groups in total. The Bertz CT molecular complexity index is 1640. The van der Waals surface area contributed by atoms with E-state index in [1.54, 1.807) is 54.3 Å². The molecule has 4 aromatic heterocycles. The van der Waals surface area contributed by atoms with Crippen LogP contribution in [0.1, 0.15) is 17.2 Å². The fourth-order valence-electron chi connectivity index (χ4n) is 3.98. The highest BCUT2D eigenvalue weighted by molar-refractivity contribution is 5.88. The Labute approximate surface area is 201 Å². The number of nitrogens with one attached hydrogen (secondary N) is 1. The molecule has 0 spiro atoms. The molecule has 0 bridgehead atoms. The zero-order chi connectivity index (χ0) is 25.6. The predicted molar refractivity (Wildman–Crippen MR) is 122 cm³/mol. The van der Waals surface area contributed by atoms with E-state index in [1.165, 1.54) is 6.07 Å². The lowest BCUT2D eigenvalue weighted by molar-refractivity contribution is -0.351. The highest BCUT2D eigenvalue weighted by Gasteiger charge is 2.34. The van der Waals surface area contributed by atoms with Gasteiger partial charge in [-0.3, -0.25) is 5.73 Å². The molecule has 0 unspecified atom stereocenters. The molecule has 5 rings (SSSR count). The Balaban J connectivity index is 1.86. The van der Waals surface area contributed by atoms with Gasteiger partial charge in [-0.25, -0.2) is 19.7 Å². The number of nitrogen functional groups attached to an aromatic ring is 1. The second-order valence-corrected chi connectivity index (χ2v) is 8.07. The number of aryl methyl sites for hydroxylation is 1. The zero-order valence-corrected chi connectivity index (χ0v) is 18.9. The maximum atomic E-state index is 13.7. The van der Waals surface area contributed by atoms with Crippen molar-refractivity contribution in [1.29, 1.82) is 0 Å². The van der Waals surface area contributed by atoms with Crippen molar-refractivity contribution in [2.24, 2.45) is 7.05 Å². The molecule has 0 fully saturated rings. The van der Waals surface area contributed by atoms with Crippen molar-refractivity contribution in [2.45, 2.75) is 19.3 Å². The fraction of sp³-hybridized carbons (Fsp3) is 0.174. The zero-order valence-electron chi connectivity index (χ0n) is 18.9. The number of H-pyrrole nitrogens is 1. The van der Waals surface area contributed by atoms with Gasteiger partial charge in [0.05, 0.1) is 17.9 Å². The van der Waals surface area contributed by atoms with Crippen molar-refractivity contribution in [3.8, 4) is 22.4 Å². The predicted octanol–water partition coefficient (Wildman–Crippen LogP) is 1.91. The minimum atomic E-state index is -4.77. The highest BCUT2D eigenvalue weighted by atomic mass is 19.4. The van der Waals surface area contributed by atoms with Gasteiger partial charge in [0.1, 0.15) is 23.8 Å². The molecule has 0 atom stereocenters. The van der Waals surface area contributed by atoms with Crippen molar-refractivity contribution >= 4 is 11.6 Å². The van der Waals surface area contributed by atoms with Crippen LogP contribution in [0.5, 0.6) is 0 Å². The molecule has 10 nitrogen and oxygen atoms in total. The number of benzene rings is 1. The first kappa shape index (κ1) is 23.2. The van der Waals surface area contributed by atoms with E-state index in [0.29, 0.717) is 17.1 Å². The SMILES string of the molecule is Cn1ccnc1Cn1nc2c(-c3cc(CO)nc(C(F)(F)F)c3)c(-c3ccccc3)[nH+]c(N)n2c1=O. The van der Waals surface area contributed by atoms with Crippen LogP contribution in [0.25, 0.3) is 28.0 Å². The number of hydrogen-bond acceptors (Lipinski definition) is 6. The maximum Gasteiger partial charge on any atom is 0.433 e. The number of rotatable bonds is 5. The quantitative estimate of drug-likeness (QED) is 0.382. The molecular weight excluding hydrogens is 477 g/mol. The lowest BCUT2D eigenvalue weighted by Crippen LogP contribution is -2.28. The van der Waals surface area contributed by atoms with Gasteiger partial charge in [0, 0.05) is 25.0 Å². The van der Waals surface area contributed by atoms with Crippen LogP contribution in [0.15, 0.2) is 59.7 Å². The number of nitrogens with zero attached hydrogens (tertiary/aromatic N) is 6. The summed E-state index contributed by atoms with van der Waals surface area (Å²) in [6, 6.07) is 11.0. The Kier molecular flexibility index (Phi) is 5.55. The lowest BCUT2D eigenvalue weighted by atomic mass is 9.99.